The second-order valence-electron chi connectivity index (χ2n) is 8.62. The molecule has 6 rings (SSSR count). The maximum absolute atomic E-state index is 2.34. The molecule has 0 fully saturated rings. The SMILES string of the molecule is CCC1c2ccccc2C=Cc2c1ccc1c2c2ccccc2n1C.Cc1ccccc1. The summed E-state index contributed by atoms with van der Waals surface area (Å²) in [6.07, 6.45) is 5.74. The largest absolute Gasteiger partial charge is 0.344 e. The van der Waals surface area contributed by atoms with Crippen LogP contribution in [-0.4, -0.2) is 4.57 Å². The fourth-order valence-electron chi connectivity index (χ4n) is 5.07. The molecule has 0 aliphatic heterocycles. The molecule has 0 saturated carbocycles. The molecule has 1 nitrogen and oxygen atoms in total. The first-order chi connectivity index (χ1) is 15.7. The van der Waals surface area contributed by atoms with Crippen molar-refractivity contribution in [2.24, 2.45) is 7.05 Å². The summed E-state index contributed by atoms with van der Waals surface area (Å²) in [7, 11) is 2.17. The molecule has 1 aliphatic rings. The number of para-hydroxylation sites is 1. The highest BCUT2D eigenvalue weighted by Crippen LogP contribution is 2.41. The van der Waals surface area contributed by atoms with Crippen molar-refractivity contribution in [3.05, 3.63) is 119 Å². The van der Waals surface area contributed by atoms with Gasteiger partial charge in [0.2, 0.25) is 0 Å². The number of fused-ring (bicyclic) bond motifs is 6. The van der Waals surface area contributed by atoms with Crippen molar-refractivity contribution in [1.29, 1.82) is 0 Å². The van der Waals surface area contributed by atoms with E-state index in [0.29, 0.717) is 5.92 Å². The smallest absolute Gasteiger partial charge is 0.0495 e. The lowest BCUT2D eigenvalue weighted by Crippen LogP contribution is -2.02. The van der Waals surface area contributed by atoms with Crippen LogP contribution in [0.2, 0.25) is 0 Å². The Morgan fingerprint density at radius 3 is 2.16 bits per heavy atom. The van der Waals surface area contributed by atoms with Crippen LogP contribution in [0.1, 0.15) is 47.1 Å². The van der Waals surface area contributed by atoms with E-state index < -0.39 is 0 Å². The van der Waals surface area contributed by atoms with E-state index in [4.69, 9.17) is 0 Å². The Labute approximate surface area is 190 Å². The second kappa shape index (κ2) is 8.51. The van der Waals surface area contributed by atoms with Crippen LogP contribution in [0.4, 0.5) is 0 Å². The molecule has 1 heterocycles. The molecule has 0 N–H and O–H groups in total. The molecule has 1 aliphatic carbocycles. The van der Waals surface area contributed by atoms with Gasteiger partial charge < -0.3 is 4.57 Å². The van der Waals surface area contributed by atoms with E-state index in [2.05, 4.69) is 110 Å². The minimum Gasteiger partial charge on any atom is -0.344 e. The lowest BCUT2D eigenvalue weighted by molar-refractivity contribution is 0.777. The van der Waals surface area contributed by atoms with Crippen LogP contribution in [0.25, 0.3) is 34.0 Å². The molecule has 1 heteroatoms. The average Bonchev–Trinajstić information content (AvgIpc) is 3.02. The molecular formula is C31H29N. The van der Waals surface area contributed by atoms with Crippen LogP contribution in [0, 0.1) is 6.92 Å². The van der Waals surface area contributed by atoms with Gasteiger partial charge in [0.05, 0.1) is 0 Å². The Bertz CT molecular complexity index is 1420. The van der Waals surface area contributed by atoms with Gasteiger partial charge in [-0.3, -0.25) is 0 Å². The van der Waals surface area contributed by atoms with Crippen LogP contribution < -0.4 is 0 Å². The molecule has 1 atom stereocenters. The lowest BCUT2D eigenvalue weighted by atomic mass is 9.85. The fourth-order valence-corrected chi connectivity index (χ4v) is 5.07. The van der Waals surface area contributed by atoms with Crippen LogP contribution in [0.3, 0.4) is 0 Å². The normalized spacial score (nSPS) is 14.4. The van der Waals surface area contributed by atoms with Gasteiger partial charge in [-0.2, -0.15) is 0 Å². The molecule has 1 aromatic heterocycles. The Hall–Kier alpha value is -3.58. The predicted molar refractivity (Wildman–Crippen MR) is 139 cm³/mol. The fraction of sp³-hybridized carbons (Fsp3) is 0.161. The minimum absolute atomic E-state index is 0.449. The lowest BCUT2D eigenvalue weighted by Gasteiger charge is -2.19. The first-order valence-electron chi connectivity index (χ1n) is 11.5. The van der Waals surface area contributed by atoms with Gasteiger partial charge >= 0.3 is 0 Å². The highest BCUT2D eigenvalue weighted by Gasteiger charge is 2.22. The van der Waals surface area contributed by atoms with Gasteiger partial charge in [0.15, 0.2) is 0 Å². The zero-order chi connectivity index (χ0) is 22.1. The summed E-state index contributed by atoms with van der Waals surface area (Å²) in [5.74, 6) is 0.449. The summed E-state index contributed by atoms with van der Waals surface area (Å²) >= 11 is 0. The molecular weight excluding hydrogens is 386 g/mol. The van der Waals surface area contributed by atoms with Crippen molar-refractivity contribution in [2.75, 3.05) is 0 Å². The number of hydrogen-bond acceptors (Lipinski definition) is 0. The second-order valence-corrected chi connectivity index (χ2v) is 8.62. The van der Waals surface area contributed by atoms with Crippen molar-refractivity contribution < 1.29 is 0 Å². The zero-order valence-electron chi connectivity index (χ0n) is 19.0. The van der Waals surface area contributed by atoms with Gasteiger partial charge in [-0.25, -0.2) is 0 Å². The van der Waals surface area contributed by atoms with E-state index in [1.807, 2.05) is 18.2 Å². The molecule has 0 saturated heterocycles. The minimum atomic E-state index is 0.449. The monoisotopic (exact) mass is 415 g/mol. The molecule has 4 aromatic carbocycles. The van der Waals surface area contributed by atoms with E-state index >= 15 is 0 Å². The summed E-state index contributed by atoms with van der Waals surface area (Å²) in [5.41, 5.74) is 9.56. The standard InChI is InChI=1S/C24H21N.C7H8/c1-3-17-18-9-5-4-8-16(18)12-13-20-19(17)14-15-23-24(20)21-10-6-7-11-22(21)25(23)2;1-7-5-3-2-4-6-7/h4-15,17H,3H2,1-2H3;2-6H,1H3. The average molecular weight is 416 g/mol. The summed E-state index contributed by atoms with van der Waals surface area (Å²) in [6, 6.07) is 32.5. The van der Waals surface area contributed by atoms with Crippen molar-refractivity contribution >= 4 is 34.0 Å². The van der Waals surface area contributed by atoms with Gasteiger partial charge in [0.25, 0.3) is 0 Å². The predicted octanol–water partition coefficient (Wildman–Crippen LogP) is 8.35. The Morgan fingerprint density at radius 1 is 0.688 bits per heavy atom. The maximum Gasteiger partial charge on any atom is 0.0495 e. The quantitative estimate of drug-likeness (QED) is 0.259. The Morgan fingerprint density at radius 2 is 1.41 bits per heavy atom. The van der Waals surface area contributed by atoms with Crippen molar-refractivity contribution in [2.45, 2.75) is 26.2 Å². The van der Waals surface area contributed by atoms with Gasteiger partial charge in [-0.1, -0.05) is 104 Å². The summed E-state index contributed by atoms with van der Waals surface area (Å²) in [4.78, 5) is 0. The van der Waals surface area contributed by atoms with Crippen LogP contribution in [-0.2, 0) is 7.05 Å². The van der Waals surface area contributed by atoms with E-state index in [9.17, 15) is 0 Å². The summed E-state index contributed by atoms with van der Waals surface area (Å²) in [6.45, 7) is 4.38. The maximum atomic E-state index is 2.34. The van der Waals surface area contributed by atoms with E-state index in [1.54, 1.807) is 0 Å². The molecule has 158 valence electrons. The molecule has 0 amide bonds. The van der Waals surface area contributed by atoms with E-state index in [0.717, 1.165) is 6.42 Å². The summed E-state index contributed by atoms with van der Waals surface area (Å²) < 4.78 is 2.32. The molecule has 0 spiro atoms. The third kappa shape index (κ3) is 3.44. The van der Waals surface area contributed by atoms with Crippen LogP contribution >= 0.6 is 0 Å². The van der Waals surface area contributed by atoms with Gasteiger partial charge in [0, 0.05) is 34.8 Å². The van der Waals surface area contributed by atoms with Crippen molar-refractivity contribution in [3.8, 4) is 0 Å². The number of rotatable bonds is 1. The highest BCUT2D eigenvalue weighted by molar-refractivity contribution is 6.13. The number of benzene rings is 4. The van der Waals surface area contributed by atoms with Gasteiger partial charge in [-0.15, -0.1) is 0 Å². The topological polar surface area (TPSA) is 4.93 Å². The number of hydrogen-bond donors (Lipinski definition) is 0. The van der Waals surface area contributed by atoms with Crippen LogP contribution in [0.5, 0.6) is 0 Å². The molecule has 32 heavy (non-hydrogen) atoms. The number of nitrogens with zero attached hydrogens (tertiary/aromatic N) is 1. The van der Waals surface area contributed by atoms with Gasteiger partial charge in [0.1, 0.15) is 0 Å². The van der Waals surface area contributed by atoms with Crippen LogP contribution in [0.15, 0.2) is 91.0 Å². The Kier molecular flexibility index (Phi) is 5.41. The molecule has 5 aromatic rings. The van der Waals surface area contributed by atoms with E-state index in [-0.39, 0.29) is 0 Å². The van der Waals surface area contributed by atoms with Crippen molar-refractivity contribution in [3.63, 3.8) is 0 Å². The first kappa shape index (κ1) is 20.3. The first-order valence-corrected chi connectivity index (χ1v) is 11.5. The van der Waals surface area contributed by atoms with E-state index in [1.165, 1.54) is 49.6 Å². The number of aromatic nitrogens is 1. The van der Waals surface area contributed by atoms with Gasteiger partial charge in [-0.05, 0) is 47.7 Å². The van der Waals surface area contributed by atoms with Crippen molar-refractivity contribution in [1.82, 2.24) is 4.57 Å². The number of aryl methyl sites for hydroxylation is 2. The molecule has 0 radical (unpaired) electrons. The third-order valence-electron chi connectivity index (χ3n) is 6.68. The zero-order valence-corrected chi connectivity index (χ0v) is 19.0. The molecule has 1 unspecified atom stereocenters. The Balaban J connectivity index is 0.000000265. The third-order valence-corrected chi connectivity index (χ3v) is 6.68. The highest BCUT2D eigenvalue weighted by atomic mass is 14.9. The molecule has 0 bridgehead atoms. The summed E-state index contributed by atoms with van der Waals surface area (Å²) in [5, 5.41) is 2.74.